The van der Waals surface area contributed by atoms with Crippen molar-refractivity contribution in [2.24, 2.45) is 5.92 Å². The first-order valence-electron chi connectivity index (χ1n) is 13.4. The van der Waals surface area contributed by atoms with Crippen LogP contribution in [-0.4, -0.2) is 67.5 Å². The average molecular weight is 520 g/mol. The first-order valence-corrected chi connectivity index (χ1v) is 13.4. The number of hydrogen-bond acceptors (Lipinski definition) is 7. The van der Waals surface area contributed by atoms with Gasteiger partial charge in [0.2, 0.25) is 0 Å². The first-order chi connectivity index (χ1) is 17.6. The third-order valence-electron chi connectivity index (χ3n) is 6.98. The van der Waals surface area contributed by atoms with E-state index in [1.165, 1.54) is 12.0 Å². The molecule has 0 aliphatic carbocycles. The summed E-state index contributed by atoms with van der Waals surface area (Å²) >= 11 is 0. The van der Waals surface area contributed by atoms with E-state index in [4.69, 9.17) is 18.9 Å². The summed E-state index contributed by atoms with van der Waals surface area (Å²) in [6.45, 7) is 7.00. The summed E-state index contributed by atoms with van der Waals surface area (Å²) < 4.78 is 22.7. The Labute approximate surface area is 222 Å². The number of cyclic esters (lactones) is 2. The molecule has 8 heteroatoms. The lowest BCUT2D eigenvalue weighted by molar-refractivity contribution is -0.185. The van der Waals surface area contributed by atoms with Crippen LogP contribution in [-0.2, 0) is 39.8 Å². The fourth-order valence-electron chi connectivity index (χ4n) is 4.69. The van der Waals surface area contributed by atoms with Gasteiger partial charge < -0.3 is 23.8 Å². The maximum Gasteiger partial charge on any atom is 0.313 e. The molecule has 2 rings (SSSR count). The molecule has 1 amide bonds. The van der Waals surface area contributed by atoms with Crippen molar-refractivity contribution in [3.63, 3.8) is 0 Å². The number of esters is 2. The Hall–Kier alpha value is -2.45. The molecule has 1 aromatic carbocycles. The SMILES string of the molecule is CCCCCCC[C@H]1OC(=O)C[C@H](OCOC)[C@H](Cc2ccccc2)N(C)C(=O)C(C)(C)OC(=O)[C@H]1C. The molecule has 8 nitrogen and oxygen atoms in total. The number of benzene rings is 1. The fraction of sp³-hybridized carbons (Fsp3) is 0.690. The molecule has 0 unspecified atom stereocenters. The Balaban J connectivity index is 2.39. The molecule has 1 heterocycles. The van der Waals surface area contributed by atoms with Crippen LogP contribution in [0.5, 0.6) is 0 Å². The van der Waals surface area contributed by atoms with Crippen molar-refractivity contribution < 1.29 is 33.3 Å². The molecule has 1 aliphatic heterocycles. The Morgan fingerprint density at radius 3 is 2.38 bits per heavy atom. The number of ether oxygens (including phenoxy) is 4. The van der Waals surface area contributed by atoms with Crippen molar-refractivity contribution in [3.8, 4) is 0 Å². The average Bonchev–Trinajstić information content (AvgIpc) is 2.87. The molecule has 0 N–H and O–H groups in total. The zero-order valence-corrected chi connectivity index (χ0v) is 23.4. The van der Waals surface area contributed by atoms with Gasteiger partial charge in [0.15, 0.2) is 5.60 Å². The second-order valence-electron chi connectivity index (χ2n) is 10.4. The summed E-state index contributed by atoms with van der Waals surface area (Å²) in [6, 6.07) is 9.15. The summed E-state index contributed by atoms with van der Waals surface area (Å²) in [5, 5.41) is 0. The lowest BCUT2D eigenvalue weighted by atomic mass is 9.94. The highest BCUT2D eigenvalue weighted by Gasteiger charge is 2.43. The lowest BCUT2D eigenvalue weighted by Gasteiger charge is -2.39. The largest absolute Gasteiger partial charge is 0.461 e. The highest BCUT2D eigenvalue weighted by molar-refractivity contribution is 5.88. The predicted octanol–water partition coefficient (Wildman–Crippen LogP) is 4.68. The van der Waals surface area contributed by atoms with Gasteiger partial charge in [-0.2, -0.15) is 0 Å². The Morgan fingerprint density at radius 2 is 1.73 bits per heavy atom. The summed E-state index contributed by atoms with van der Waals surface area (Å²) in [7, 11) is 3.15. The maximum atomic E-state index is 13.6. The van der Waals surface area contributed by atoms with Crippen molar-refractivity contribution >= 4 is 17.8 Å². The van der Waals surface area contributed by atoms with E-state index < -0.39 is 41.7 Å². The highest BCUT2D eigenvalue weighted by atomic mass is 16.7. The molecule has 0 bridgehead atoms. The minimum atomic E-state index is -1.41. The van der Waals surface area contributed by atoms with Gasteiger partial charge in [0, 0.05) is 14.2 Å². The van der Waals surface area contributed by atoms with E-state index in [2.05, 4.69) is 6.92 Å². The van der Waals surface area contributed by atoms with Crippen LogP contribution >= 0.6 is 0 Å². The van der Waals surface area contributed by atoms with Crippen molar-refractivity contribution in [2.45, 2.75) is 103 Å². The second-order valence-corrected chi connectivity index (χ2v) is 10.4. The fourth-order valence-corrected chi connectivity index (χ4v) is 4.69. The molecule has 208 valence electrons. The zero-order valence-electron chi connectivity index (χ0n) is 23.4. The minimum Gasteiger partial charge on any atom is -0.461 e. The van der Waals surface area contributed by atoms with E-state index in [1.807, 2.05) is 30.3 Å². The number of nitrogens with zero attached hydrogens (tertiary/aromatic N) is 1. The van der Waals surface area contributed by atoms with Crippen LogP contribution in [0.1, 0.15) is 78.2 Å². The van der Waals surface area contributed by atoms with E-state index in [1.54, 1.807) is 27.8 Å². The molecule has 0 radical (unpaired) electrons. The third kappa shape index (κ3) is 9.42. The van der Waals surface area contributed by atoms with Crippen molar-refractivity contribution in [1.29, 1.82) is 0 Å². The molecule has 4 atom stereocenters. The van der Waals surface area contributed by atoms with Crippen LogP contribution in [0.4, 0.5) is 0 Å². The van der Waals surface area contributed by atoms with Gasteiger partial charge in [-0.1, -0.05) is 62.9 Å². The van der Waals surface area contributed by atoms with Crippen LogP contribution in [0, 0.1) is 5.92 Å². The van der Waals surface area contributed by atoms with E-state index in [9.17, 15) is 14.4 Å². The maximum absolute atomic E-state index is 13.6. The first kappa shape index (κ1) is 30.8. The van der Waals surface area contributed by atoms with Gasteiger partial charge in [-0.15, -0.1) is 0 Å². The van der Waals surface area contributed by atoms with Gasteiger partial charge in [0.05, 0.1) is 24.5 Å². The summed E-state index contributed by atoms with van der Waals surface area (Å²) in [5.74, 6) is -2.10. The molecule has 37 heavy (non-hydrogen) atoms. The van der Waals surface area contributed by atoms with Crippen LogP contribution in [0.3, 0.4) is 0 Å². The van der Waals surface area contributed by atoms with Crippen molar-refractivity contribution in [2.75, 3.05) is 21.0 Å². The van der Waals surface area contributed by atoms with Crippen LogP contribution in [0.2, 0.25) is 0 Å². The number of carbonyl (C=O) groups excluding carboxylic acids is 3. The molecule has 1 aromatic rings. The van der Waals surface area contributed by atoms with Crippen LogP contribution in [0.25, 0.3) is 0 Å². The molecular formula is C29H45NO7. The highest BCUT2D eigenvalue weighted by Crippen LogP contribution is 2.27. The number of methoxy groups -OCH3 is 1. The van der Waals surface area contributed by atoms with E-state index in [0.29, 0.717) is 12.8 Å². The molecule has 0 spiro atoms. The topological polar surface area (TPSA) is 91.4 Å². The minimum absolute atomic E-state index is 0.0408. The standard InChI is InChI=1S/C29H45NO7/c1-7-8-9-10-14-17-24-21(2)27(32)37-29(3,4)28(33)30(5)23(18-22-15-12-11-13-16-22)25(35-20-34-6)19-26(31)36-24/h11-13,15-16,21,23-25H,7-10,14,17-20H2,1-6H3/t21-,23-,24+,25-/m0/s1. The number of unbranched alkanes of at least 4 members (excludes halogenated alkanes) is 4. The number of rotatable bonds is 11. The molecular weight excluding hydrogens is 474 g/mol. The van der Waals surface area contributed by atoms with E-state index in [-0.39, 0.29) is 19.1 Å². The van der Waals surface area contributed by atoms with Crippen molar-refractivity contribution in [1.82, 2.24) is 4.90 Å². The van der Waals surface area contributed by atoms with Crippen molar-refractivity contribution in [3.05, 3.63) is 35.9 Å². The number of hydrogen-bond donors (Lipinski definition) is 0. The smallest absolute Gasteiger partial charge is 0.313 e. The summed E-state index contributed by atoms with van der Waals surface area (Å²) in [6.07, 6.45) is 4.79. The molecule has 1 fully saturated rings. The third-order valence-corrected chi connectivity index (χ3v) is 6.98. The number of likely N-dealkylation sites (N-methyl/N-ethyl adjacent to an activating group) is 1. The van der Waals surface area contributed by atoms with Gasteiger partial charge in [-0.25, -0.2) is 0 Å². The quantitative estimate of drug-likeness (QED) is 0.238. The summed E-state index contributed by atoms with van der Waals surface area (Å²) in [5.41, 5.74) is -0.428. The Morgan fingerprint density at radius 1 is 1.05 bits per heavy atom. The molecule has 0 saturated carbocycles. The Bertz CT molecular complexity index is 857. The Kier molecular flexibility index (Phi) is 12.5. The van der Waals surface area contributed by atoms with Gasteiger partial charge in [0.1, 0.15) is 12.9 Å². The van der Waals surface area contributed by atoms with Gasteiger partial charge in [-0.3, -0.25) is 14.4 Å². The van der Waals surface area contributed by atoms with Gasteiger partial charge in [0.25, 0.3) is 5.91 Å². The summed E-state index contributed by atoms with van der Waals surface area (Å²) in [4.78, 5) is 41.4. The second kappa shape index (κ2) is 15.1. The van der Waals surface area contributed by atoms with Gasteiger partial charge >= 0.3 is 11.9 Å². The number of amides is 1. The van der Waals surface area contributed by atoms with Crippen LogP contribution < -0.4 is 0 Å². The van der Waals surface area contributed by atoms with E-state index in [0.717, 1.165) is 37.7 Å². The van der Waals surface area contributed by atoms with E-state index >= 15 is 0 Å². The molecule has 1 saturated heterocycles. The van der Waals surface area contributed by atoms with Crippen LogP contribution in [0.15, 0.2) is 30.3 Å². The number of carbonyl (C=O) groups is 3. The van der Waals surface area contributed by atoms with Gasteiger partial charge in [-0.05, 0) is 45.6 Å². The predicted molar refractivity (Wildman–Crippen MR) is 141 cm³/mol. The molecule has 1 aliphatic rings. The zero-order chi connectivity index (χ0) is 27.4. The molecule has 0 aromatic heterocycles. The monoisotopic (exact) mass is 519 g/mol. The normalized spacial score (nSPS) is 25.1. The lowest BCUT2D eigenvalue weighted by Crippen LogP contribution is -2.56.